The number of carbonyl (C=O) groups is 1. The molecule has 0 saturated carbocycles. The molecular formula is C28H36FN7O. The van der Waals surface area contributed by atoms with Crippen molar-refractivity contribution in [3.8, 4) is 0 Å². The molecule has 0 bridgehead atoms. The van der Waals surface area contributed by atoms with Crippen molar-refractivity contribution in [2.75, 3.05) is 32.7 Å². The molecule has 1 unspecified atom stereocenters. The van der Waals surface area contributed by atoms with Crippen molar-refractivity contribution in [3.63, 3.8) is 0 Å². The van der Waals surface area contributed by atoms with Crippen molar-refractivity contribution in [3.05, 3.63) is 84.0 Å². The number of nitrogens with one attached hydrogen (secondary N) is 3. The number of H-pyrrole nitrogens is 1. The van der Waals surface area contributed by atoms with E-state index in [2.05, 4.69) is 30.6 Å². The van der Waals surface area contributed by atoms with Crippen LogP contribution in [0.4, 0.5) is 4.39 Å². The number of halogens is 1. The van der Waals surface area contributed by atoms with Crippen LogP contribution in [0.5, 0.6) is 0 Å². The second-order valence-electron chi connectivity index (χ2n) is 9.25. The zero-order valence-corrected chi connectivity index (χ0v) is 21.2. The predicted octanol–water partition coefficient (Wildman–Crippen LogP) is 3.65. The van der Waals surface area contributed by atoms with Gasteiger partial charge in [-0.1, -0.05) is 18.2 Å². The normalized spacial score (nSPS) is 13.6. The number of amides is 1. The van der Waals surface area contributed by atoms with E-state index in [0.717, 1.165) is 74.6 Å². The molecule has 9 heteroatoms. The highest BCUT2D eigenvalue weighted by Crippen LogP contribution is 2.28. The van der Waals surface area contributed by atoms with E-state index in [-0.39, 0.29) is 17.6 Å². The van der Waals surface area contributed by atoms with Crippen molar-refractivity contribution in [1.82, 2.24) is 30.5 Å². The maximum Gasteiger partial charge on any atom is 0.222 e. The number of aliphatic imine (C=N–C) groups is 1. The minimum Gasteiger partial charge on any atom is -0.356 e. The van der Waals surface area contributed by atoms with Crippen LogP contribution in [0.3, 0.4) is 0 Å². The van der Waals surface area contributed by atoms with E-state index in [1.807, 2.05) is 35.2 Å². The third-order valence-corrected chi connectivity index (χ3v) is 6.58. The number of aromatic amines is 1. The third-order valence-electron chi connectivity index (χ3n) is 6.58. The number of pyridine rings is 1. The lowest BCUT2D eigenvalue weighted by Crippen LogP contribution is -2.35. The summed E-state index contributed by atoms with van der Waals surface area (Å²) in [5.74, 6) is 0.828. The highest BCUT2D eigenvalue weighted by atomic mass is 19.1. The average molecular weight is 506 g/mol. The number of nitrogens with zero attached hydrogens (tertiary/aromatic N) is 4. The van der Waals surface area contributed by atoms with Crippen LogP contribution in [0.15, 0.2) is 66.2 Å². The van der Waals surface area contributed by atoms with Crippen molar-refractivity contribution >= 4 is 11.9 Å². The molecule has 3 N–H and O–H groups in total. The van der Waals surface area contributed by atoms with Crippen LogP contribution in [-0.2, 0) is 11.2 Å². The Balaban J connectivity index is 1.32. The van der Waals surface area contributed by atoms with Gasteiger partial charge >= 0.3 is 0 Å². The maximum atomic E-state index is 13.5. The standard InChI is InChI=1S/C28H36FN7O/c29-23-11-9-22(10-12-23)25(26-7-1-3-14-31-26)6-5-18-36(19-13-24-20-30-21-35-24)27(37)8-2-4-15-32-28-33-16-17-34-28/h1,3,7,9-12,14,20-21,25H,2,4-6,8,13,15-19H2,(H,30,35)(H2,32,33,34). The number of hydrogen-bond acceptors (Lipinski definition) is 6. The maximum absolute atomic E-state index is 13.5. The number of rotatable bonds is 14. The van der Waals surface area contributed by atoms with E-state index in [0.29, 0.717) is 19.5 Å². The summed E-state index contributed by atoms with van der Waals surface area (Å²) < 4.78 is 13.5. The van der Waals surface area contributed by atoms with E-state index in [1.165, 1.54) is 12.1 Å². The fourth-order valence-corrected chi connectivity index (χ4v) is 4.57. The molecule has 37 heavy (non-hydrogen) atoms. The molecule has 1 aliphatic heterocycles. The molecule has 0 spiro atoms. The van der Waals surface area contributed by atoms with Crippen LogP contribution < -0.4 is 10.6 Å². The second-order valence-corrected chi connectivity index (χ2v) is 9.25. The van der Waals surface area contributed by atoms with E-state index < -0.39 is 0 Å². The summed E-state index contributed by atoms with van der Waals surface area (Å²) in [5.41, 5.74) is 3.01. The Kier molecular flexibility index (Phi) is 10.0. The molecule has 3 aromatic rings. The molecule has 0 radical (unpaired) electrons. The first-order chi connectivity index (χ1) is 18.2. The quantitative estimate of drug-likeness (QED) is 0.291. The van der Waals surface area contributed by atoms with Crippen molar-refractivity contribution in [2.24, 2.45) is 4.99 Å². The van der Waals surface area contributed by atoms with Crippen LogP contribution in [0.25, 0.3) is 0 Å². The van der Waals surface area contributed by atoms with Gasteiger partial charge in [-0.15, -0.1) is 0 Å². The van der Waals surface area contributed by atoms with Crippen LogP contribution in [0, 0.1) is 5.82 Å². The molecule has 8 nitrogen and oxygen atoms in total. The van der Waals surface area contributed by atoms with Gasteiger partial charge in [-0.3, -0.25) is 14.8 Å². The topological polar surface area (TPSA) is 98.3 Å². The van der Waals surface area contributed by atoms with E-state index in [1.54, 1.807) is 18.7 Å². The molecule has 1 aliphatic rings. The van der Waals surface area contributed by atoms with Gasteiger partial charge in [-0.25, -0.2) is 9.37 Å². The summed E-state index contributed by atoms with van der Waals surface area (Å²) >= 11 is 0. The summed E-state index contributed by atoms with van der Waals surface area (Å²) in [5, 5.41) is 6.48. The number of imidazole rings is 1. The summed E-state index contributed by atoms with van der Waals surface area (Å²) in [6.45, 7) is 3.81. The Labute approximate surface area is 217 Å². The Bertz CT molecular complexity index is 1100. The smallest absolute Gasteiger partial charge is 0.222 e. The number of aromatic nitrogens is 3. The van der Waals surface area contributed by atoms with Gasteiger partial charge in [0, 0.05) is 68.7 Å². The van der Waals surface area contributed by atoms with Gasteiger partial charge in [0.1, 0.15) is 5.82 Å². The minimum atomic E-state index is -0.248. The molecule has 0 saturated heterocycles. The van der Waals surface area contributed by atoms with Crippen molar-refractivity contribution < 1.29 is 9.18 Å². The van der Waals surface area contributed by atoms with Crippen molar-refractivity contribution in [2.45, 2.75) is 44.4 Å². The second kappa shape index (κ2) is 14.1. The number of guanidine groups is 1. The number of benzene rings is 1. The largest absolute Gasteiger partial charge is 0.356 e. The third kappa shape index (κ3) is 8.41. The first-order valence-corrected chi connectivity index (χ1v) is 13.1. The Hall–Kier alpha value is -3.75. The van der Waals surface area contributed by atoms with Crippen molar-refractivity contribution in [1.29, 1.82) is 0 Å². The van der Waals surface area contributed by atoms with Gasteiger partial charge in [0.25, 0.3) is 0 Å². The molecule has 1 atom stereocenters. The molecule has 1 amide bonds. The lowest BCUT2D eigenvalue weighted by molar-refractivity contribution is -0.131. The molecule has 1 aromatic carbocycles. The van der Waals surface area contributed by atoms with Gasteiger partial charge in [0.2, 0.25) is 5.91 Å². The number of hydrogen-bond donors (Lipinski definition) is 3. The van der Waals surface area contributed by atoms with Crippen LogP contribution >= 0.6 is 0 Å². The first-order valence-electron chi connectivity index (χ1n) is 13.1. The summed E-state index contributed by atoms with van der Waals surface area (Å²) in [7, 11) is 0. The van der Waals surface area contributed by atoms with Gasteiger partial charge in [-0.2, -0.15) is 0 Å². The lowest BCUT2D eigenvalue weighted by atomic mass is 9.90. The van der Waals surface area contributed by atoms with Crippen LogP contribution in [0.2, 0.25) is 0 Å². The van der Waals surface area contributed by atoms with Gasteiger partial charge in [-0.05, 0) is 55.5 Å². The van der Waals surface area contributed by atoms with Crippen LogP contribution in [-0.4, -0.2) is 64.4 Å². The Morgan fingerprint density at radius 2 is 2.00 bits per heavy atom. The molecule has 0 aliphatic carbocycles. The highest BCUT2D eigenvalue weighted by Gasteiger charge is 2.18. The van der Waals surface area contributed by atoms with E-state index in [9.17, 15) is 9.18 Å². The lowest BCUT2D eigenvalue weighted by Gasteiger charge is -2.24. The summed E-state index contributed by atoms with van der Waals surface area (Å²) in [6.07, 6.45) is 9.88. The zero-order chi connectivity index (χ0) is 25.7. The molecule has 2 aromatic heterocycles. The van der Waals surface area contributed by atoms with Gasteiger partial charge in [0.15, 0.2) is 5.96 Å². The summed E-state index contributed by atoms with van der Waals surface area (Å²) in [6, 6.07) is 12.5. The summed E-state index contributed by atoms with van der Waals surface area (Å²) in [4.78, 5) is 31.2. The minimum absolute atomic E-state index is 0.0459. The monoisotopic (exact) mass is 505 g/mol. The van der Waals surface area contributed by atoms with Crippen LogP contribution in [0.1, 0.15) is 55.0 Å². The first kappa shape index (κ1) is 26.3. The fraction of sp³-hybridized carbons (Fsp3) is 0.429. The number of unbranched alkanes of at least 4 members (excludes halogenated alkanes) is 1. The molecule has 4 rings (SSSR count). The zero-order valence-electron chi connectivity index (χ0n) is 21.2. The Morgan fingerprint density at radius 3 is 2.73 bits per heavy atom. The average Bonchev–Trinajstić information content (AvgIpc) is 3.64. The highest BCUT2D eigenvalue weighted by molar-refractivity contribution is 5.81. The molecular weight excluding hydrogens is 469 g/mol. The molecule has 0 fully saturated rings. The van der Waals surface area contributed by atoms with E-state index in [4.69, 9.17) is 0 Å². The molecule has 3 heterocycles. The number of carbonyl (C=O) groups excluding carboxylic acids is 1. The van der Waals surface area contributed by atoms with Gasteiger partial charge in [0.05, 0.1) is 12.9 Å². The van der Waals surface area contributed by atoms with E-state index >= 15 is 0 Å². The fourth-order valence-electron chi connectivity index (χ4n) is 4.57. The molecule has 196 valence electrons. The predicted molar refractivity (Wildman–Crippen MR) is 143 cm³/mol. The Morgan fingerprint density at radius 1 is 1.11 bits per heavy atom. The SMILES string of the molecule is O=C(CCCCNC1=NCCN1)N(CCCC(c1ccc(F)cc1)c1ccccn1)CCc1cnc[nH]1. The van der Waals surface area contributed by atoms with Gasteiger partial charge < -0.3 is 20.5 Å².